The zero-order valence-electron chi connectivity index (χ0n) is 9.90. The van der Waals surface area contributed by atoms with E-state index in [0.29, 0.717) is 12.5 Å². The molecule has 1 heterocycles. The molecule has 1 saturated carbocycles. The number of ether oxygens (including phenoxy) is 1. The molecule has 1 aliphatic carbocycles. The van der Waals surface area contributed by atoms with Crippen molar-refractivity contribution >= 4 is 17.3 Å². The zero-order valence-corrected chi connectivity index (χ0v) is 9.90. The molecular formula is C13H16N2O2. The first-order valence-corrected chi connectivity index (χ1v) is 6.02. The molecule has 1 N–H and O–H groups in total. The van der Waals surface area contributed by atoms with Gasteiger partial charge in [0.05, 0.1) is 18.5 Å². The minimum Gasteiger partial charge on any atom is -0.497 e. The van der Waals surface area contributed by atoms with Crippen LogP contribution < -0.4 is 15.0 Å². The number of hydrogen-bond donors (Lipinski definition) is 1. The number of amides is 1. The fourth-order valence-corrected chi connectivity index (χ4v) is 2.30. The summed E-state index contributed by atoms with van der Waals surface area (Å²) in [4.78, 5) is 13.9. The Balaban J connectivity index is 2.02. The number of fused-ring (bicyclic) bond motifs is 1. The smallest absolute Gasteiger partial charge is 0.226 e. The van der Waals surface area contributed by atoms with Gasteiger partial charge in [0.15, 0.2) is 0 Å². The highest BCUT2D eigenvalue weighted by atomic mass is 16.5. The molecule has 1 aromatic carbocycles. The van der Waals surface area contributed by atoms with Crippen LogP contribution in [0.2, 0.25) is 0 Å². The molecule has 0 atom stereocenters. The number of rotatable bonds is 2. The first-order chi connectivity index (χ1) is 8.28. The quantitative estimate of drug-likeness (QED) is 0.848. The zero-order chi connectivity index (χ0) is 11.8. The molecule has 4 heteroatoms. The molecule has 0 spiro atoms. The Labute approximate surface area is 101 Å². The third-order valence-electron chi connectivity index (χ3n) is 3.36. The Morgan fingerprint density at radius 1 is 1.41 bits per heavy atom. The molecule has 1 aliphatic heterocycles. The van der Waals surface area contributed by atoms with Crippen LogP contribution in [0, 0.1) is 0 Å². The SMILES string of the molecule is COc1ccc2c(c1)N(C1CC1)CCC(=O)N2. The minimum atomic E-state index is 0.0968. The van der Waals surface area contributed by atoms with Gasteiger partial charge in [-0.1, -0.05) is 0 Å². The van der Waals surface area contributed by atoms with Crippen LogP contribution in [-0.2, 0) is 4.79 Å². The van der Waals surface area contributed by atoms with Gasteiger partial charge in [0, 0.05) is 25.1 Å². The average molecular weight is 232 g/mol. The Morgan fingerprint density at radius 2 is 2.24 bits per heavy atom. The predicted octanol–water partition coefficient (Wildman–Crippen LogP) is 2.01. The lowest BCUT2D eigenvalue weighted by atomic mass is 10.2. The molecule has 17 heavy (non-hydrogen) atoms. The van der Waals surface area contributed by atoms with Crippen molar-refractivity contribution in [1.82, 2.24) is 0 Å². The predicted molar refractivity (Wildman–Crippen MR) is 66.6 cm³/mol. The van der Waals surface area contributed by atoms with Gasteiger partial charge in [0.2, 0.25) is 5.91 Å². The van der Waals surface area contributed by atoms with Gasteiger partial charge in [-0.05, 0) is 25.0 Å². The number of nitrogens with zero attached hydrogens (tertiary/aromatic N) is 1. The van der Waals surface area contributed by atoms with E-state index in [-0.39, 0.29) is 5.91 Å². The maximum absolute atomic E-state index is 11.6. The van der Waals surface area contributed by atoms with Gasteiger partial charge >= 0.3 is 0 Å². The second kappa shape index (κ2) is 3.95. The largest absolute Gasteiger partial charge is 0.497 e. The molecule has 0 radical (unpaired) electrons. The van der Waals surface area contributed by atoms with Crippen LogP contribution in [0.15, 0.2) is 18.2 Å². The summed E-state index contributed by atoms with van der Waals surface area (Å²) in [5.74, 6) is 0.935. The van der Waals surface area contributed by atoms with E-state index < -0.39 is 0 Å². The third-order valence-corrected chi connectivity index (χ3v) is 3.36. The van der Waals surface area contributed by atoms with E-state index in [1.54, 1.807) is 7.11 Å². The highest BCUT2D eigenvalue weighted by Gasteiger charge is 2.32. The van der Waals surface area contributed by atoms with Crippen molar-refractivity contribution in [3.05, 3.63) is 18.2 Å². The fraction of sp³-hybridized carbons (Fsp3) is 0.462. The van der Waals surface area contributed by atoms with Gasteiger partial charge in [0.1, 0.15) is 5.75 Å². The van der Waals surface area contributed by atoms with Gasteiger partial charge in [-0.3, -0.25) is 4.79 Å². The lowest BCUT2D eigenvalue weighted by Crippen LogP contribution is -2.26. The topological polar surface area (TPSA) is 41.6 Å². The highest BCUT2D eigenvalue weighted by Crippen LogP contribution is 2.39. The molecule has 0 aromatic heterocycles. The van der Waals surface area contributed by atoms with E-state index in [4.69, 9.17) is 4.74 Å². The van der Waals surface area contributed by atoms with Gasteiger partial charge < -0.3 is 15.0 Å². The molecule has 2 aliphatic rings. The van der Waals surface area contributed by atoms with Crippen molar-refractivity contribution < 1.29 is 9.53 Å². The number of hydrogen-bond acceptors (Lipinski definition) is 3. The van der Waals surface area contributed by atoms with Crippen molar-refractivity contribution in [3.63, 3.8) is 0 Å². The summed E-state index contributed by atoms with van der Waals surface area (Å²) in [5.41, 5.74) is 2.00. The van der Waals surface area contributed by atoms with Crippen molar-refractivity contribution in [2.75, 3.05) is 23.9 Å². The second-order valence-corrected chi connectivity index (χ2v) is 4.61. The molecule has 1 aromatic rings. The van der Waals surface area contributed by atoms with Crippen LogP contribution in [0.4, 0.5) is 11.4 Å². The number of methoxy groups -OCH3 is 1. The van der Waals surface area contributed by atoms with Gasteiger partial charge in [-0.15, -0.1) is 0 Å². The molecule has 1 amide bonds. The van der Waals surface area contributed by atoms with E-state index in [1.165, 1.54) is 12.8 Å². The molecular weight excluding hydrogens is 216 g/mol. The Hall–Kier alpha value is -1.71. The first-order valence-electron chi connectivity index (χ1n) is 6.02. The minimum absolute atomic E-state index is 0.0968. The molecule has 1 fully saturated rings. The molecule has 0 unspecified atom stereocenters. The molecule has 0 bridgehead atoms. The monoisotopic (exact) mass is 232 g/mol. The summed E-state index contributed by atoms with van der Waals surface area (Å²) in [5, 5.41) is 2.95. The number of carbonyl (C=O) groups is 1. The van der Waals surface area contributed by atoms with E-state index in [0.717, 1.165) is 23.7 Å². The standard InChI is InChI=1S/C13H16N2O2/c1-17-10-4-5-11-12(8-10)15(9-2-3-9)7-6-13(16)14-11/h4-5,8-9H,2-3,6-7H2,1H3,(H,14,16). The van der Waals surface area contributed by atoms with Gasteiger partial charge in [-0.2, -0.15) is 0 Å². The number of benzene rings is 1. The number of nitrogens with one attached hydrogen (secondary N) is 1. The maximum atomic E-state index is 11.6. The van der Waals surface area contributed by atoms with Crippen LogP contribution in [0.25, 0.3) is 0 Å². The Kier molecular flexibility index (Phi) is 2.42. The van der Waals surface area contributed by atoms with Gasteiger partial charge in [-0.25, -0.2) is 0 Å². The van der Waals surface area contributed by atoms with Crippen molar-refractivity contribution in [1.29, 1.82) is 0 Å². The van der Waals surface area contributed by atoms with E-state index in [9.17, 15) is 4.79 Å². The lowest BCUT2D eigenvalue weighted by molar-refractivity contribution is -0.115. The van der Waals surface area contributed by atoms with E-state index in [1.807, 2.05) is 18.2 Å². The van der Waals surface area contributed by atoms with Crippen LogP contribution in [0.3, 0.4) is 0 Å². The first kappa shape index (κ1) is 10.4. The Morgan fingerprint density at radius 3 is 2.94 bits per heavy atom. The summed E-state index contributed by atoms with van der Waals surface area (Å²) in [6, 6.07) is 6.43. The molecule has 4 nitrogen and oxygen atoms in total. The summed E-state index contributed by atoms with van der Waals surface area (Å²) >= 11 is 0. The Bertz CT molecular complexity index is 455. The number of carbonyl (C=O) groups excluding carboxylic acids is 1. The van der Waals surface area contributed by atoms with Gasteiger partial charge in [0.25, 0.3) is 0 Å². The van der Waals surface area contributed by atoms with Crippen molar-refractivity contribution in [3.8, 4) is 5.75 Å². The van der Waals surface area contributed by atoms with Crippen LogP contribution in [0.5, 0.6) is 5.75 Å². The summed E-state index contributed by atoms with van der Waals surface area (Å²) < 4.78 is 5.26. The summed E-state index contributed by atoms with van der Waals surface area (Å²) in [6.07, 6.45) is 3.02. The number of anilines is 2. The summed E-state index contributed by atoms with van der Waals surface area (Å²) in [7, 11) is 1.67. The van der Waals surface area contributed by atoms with Crippen LogP contribution in [0.1, 0.15) is 19.3 Å². The maximum Gasteiger partial charge on any atom is 0.226 e. The molecule has 90 valence electrons. The molecule has 0 saturated heterocycles. The van der Waals surface area contributed by atoms with Crippen LogP contribution in [-0.4, -0.2) is 25.6 Å². The third kappa shape index (κ3) is 1.95. The van der Waals surface area contributed by atoms with Crippen LogP contribution >= 0.6 is 0 Å². The normalized spacial score (nSPS) is 19.4. The lowest BCUT2D eigenvalue weighted by Gasteiger charge is -2.24. The van der Waals surface area contributed by atoms with Crippen molar-refractivity contribution in [2.24, 2.45) is 0 Å². The highest BCUT2D eigenvalue weighted by molar-refractivity contribution is 5.96. The second-order valence-electron chi connectivity index (χ2n) is 4.61. The van der Waals surface area contributed by atoms with E-state index >= 15 is 0 Å². The molecule has 3 rings (SSSR count). The van der Waals surface area contributed by atoms with Crippen molar-refractivity contribution in [2.45, 2.75) is 25.3 Å². The average Bonchev–Trinajstić information content (AvgIpc) is 3.14. The summed E-state index contributed by atoms with van der Waals surface area (Å²) in [6.45, 7) is 0.802. The fourth-order valence-electron chi connectivity index (χ4n) is 2.30. The van der Waals surface area contributed by atoms with E-state index in [2.05, 4.69) is 10.2 Å².